The van der Waals surface area contributed by atoms with E-state index >= 15 is 0 Å². The van der Waals surface area contributed by atoms with Crippen LogP contribution in [0.25, 0.3) is 0 Å². The number of carbonyl (C=O) groups excluding carboxylic acids is 1. The molecule has 2 heterocycles. The molecule has 0 unspecified atom stereocenters. The molecule has 134 valence electrons. The third kappa shape index (κ3) is 3.84. The van der Waals surface area contributed by atoms with Crippen molar-refractivity contribution in [2.24, 2.45) is 5.92 Å². The monoisotopic (exact) mass is 363 g/mol. The number of hydrogen-bond acceptors (Lipinski definition) is 5. The number of sulfonamides is 1. The van der Waals surface area contributed by atoms with E-state index in [0.717, 1.165) is 0 Å². The number of hydrogen-bond donors (Lipinski definition) is 0. The summed E-state index contributed by atoms with van der Waals surface area (Å²) < 4.78 is 31.8. The minimum Gasteiger partial charge on any atom is -0.379 e. The van der Waals surface area contributed by atoms with Crippen LogP contribution in [0, 0.1) is 17.2 Å². The molecule has 0 bridgehead atoms. The van der Waals surface area contributed by atoms with Gasteiger partial charge in [0.2, 0.25) is 10.0 Å². The number of piperidine rings is 1. The highest BCUT2D eigenvalue weighted by Gasteiger charge is 2.27. The van der Waals surface area contributed by atoms with Crippen molar-refractivity contribution in [3.63, 3.8) is 0 Å². The van der Waals surface area contributed by atoms with E-state index in [0.29, 0.717) is 57.8 Å². The van der Waals surface area contributed by atoms with Crippen LogP contribution in [0.5, 0.6) is 0 Å². The second-order valence-corrected chi connectivity index (χ2v) is 8.17. The number of likely N-dealkylation sites (tertiary alicyclic amines) is 1. The second kappa shape index (κ2) is 7.52. The summed E-state index contributed by atoms with van der Waals surface area (Å²) in [6.07, 6.45) is 1.37. The number of rotatable bonds is 3. The van der Waals surface area contributed by atoms with E-state index in [2.05, 4.69) is 6.07 Å². The van der Waals surface area contributed by atoms with E-state index in [1.807, 2.05) is 0 Å². The van der Waals surface area contributed by atoms with Crippen molar-refractivity contribution in [2.75, 3.05) is 39.4 Å². The molecule has 1 aromatic carbocycles. The lowest BCUT2D eigenvalue weighted by atomic mass is 9.98. The van der Waals surface area contributed by atoms with Gasteiger partial charge in [-0.2, -0.15) is 9.57 Å². The standard InChI is InChI=1S/C17H21N3O4S/c18-13-14-5-7-19(8-6-14)17(21)15-1-3-16(4-2-15)25(22,23)20-9-11-24-12-10-20/h1-4,14H,5-12H2. The molecule has 2 aliphatic rings. The van der Waals surface area contributed by atoms with Gasteiger partial charge in [0.1, 0.15) is 0 Å². The molecule has 0 atom stereocenters. The van der Waals surface area contributed by atoms with Crippen LogP contribution in [0.15, 0.2) is 29.2 Å². The van der Waals surface area contributed by atoms with Crippen molar-refractivity contribution < 1.29 is 17.9 Å². The average molecular weight is 363 g/mol. The summed E-state index contributed by atoms with van der Waals surface area (Å²) in [6, 6.07) is 8.34. The van der Waals surface area contributed by atoms with E-state index in [9.17, 15) is 13.2 Å². The molecule has 0 spiro atoms. The highest BCUT2D eigenvalue weighted by Crippen LogP contribution is 2.21. The van der Waals surface area contributed by atoms with Gasteiger partial charge >= 0.3 is 0 Å². The smallest absolute Gasteiger partial charge is 0.253 e. The Balaban J connectivity index is 1.70. The fourth-order valence-electron chi connectivity index (χ4n) is 3.10. The zero-order valence-electron chi connectivity index (χ0n) is 13.9. The fourth-order valence-corrected chi connectivity index (χ4v) is 4.51. The van der Waals surface area contributed by atoms with Gasteiger partial charge in [-0.25, -0.2) is 8.42 Å². The molecular weight excluding hydrogens is 342 g/mol. The predicted octanol–water partition coefficient (Wildman–Crippen LogP) is 1.08. The average Bonchev–Trinajstić information content (AvgIpc) is 2.68. The summed E-state index contributed by atoms with van der Waals surface area (Å²) in [6.45, 7) is 2.60. The number of nitrogens with zero attached hydrogens (tertiary/aromatic N) is 3. The molecular formula is C17H21N3O4S. The Labute approximate surface area is 147 Å². The first-order valence-corrected chi connectivity index (χ1v) is 9.83. The number of carbonyl (C=O) groups is 1. The Morgan fingerprint density at radius 2 is 1.68 bits per heavy atom. The molecule has 7 nitrogen and oxygen atoms in total. The van der Waals surface area contributed by atoms with Gasteiger partial charge in [0.15, 0.2) is 0 Å². The number of benzene rings is 1. The lowest BCUT2D eigenvalue weighted by molar-refractivity contribution is 0.0707. The lowest BCUT2D eigenvalue weighted by Gasteiger charge is -2.29. The Bertz CT molecular complexity index is 756. The van der Waals surface area contributed by atoms with Gasteiger partial charge in [0.05, 0.1) is 24.2 Å². The highest BCUT2D eigenvalue weighted by atomic mass is 32.2. The number of ether oxygens (including phenoxy) is 1. The van der Waals surface area contributed by atoms with Crippen LogP contribution in [0.4, 0.5) is 0 Å². The largest absolute Gasteiger partial charge is 0.379 e. The first-order valence-electron chi connectivity index (χ1n) is 8.39. The van der Waals surface area contributed by atoms with Crippen molar-refractivity contribution >= 4 is 15.9 Å². The number of nitriles is 1. The summed E-state index contributed by atoms with van der Waals surface area (Å²) in [7, 11) is -3.55. The van der Waals surface area contributed by atoms with Crippen LogP contribution >= 0.6 is 0 Å². The Morgan fingerprint density at radius 3 is 2.24 bits per heavy atom. The SMILES string of the molecule is N#CC1CCN(C(=O)c2ccc(S(=O)(=O)N3CCOCC3)cc2)CC1. The van der Waals surface area contributed by atoms with Crippen LogP contribution in [0.3, 0.4) is 0 Å². The van der Waals surface area contributed by atoms with Gasteiger partial charge in [-0.1, -0.05) is 0 Å². The van der Waals surface area contributed by atoms with Crippen LogP contribution in [0.2, 0.25) is 0 Å². The third-order valence-electron chi connectivity index (χ3n) is 4.67. The number of morpholine rings is 1. The van der Waals surface area contributed by atoms with Crippen LogP contribution in [-0.2, 0) is 14.8 Å². The molecule has 0 aliphatic carbocycles. The van der Waals surface area contributed by atoms with Gasteiger partial charge in [-0.15, -0.1) is 0 Å². The van der Waals surface area contributed by atoms with Crippen LogP contribution in [-0.4, -0.2) is 62.9 Å². The van der Waals surface area contributed by atoms with E-state index < -0.39 is 10.0 Å². The van der Waals surface area contributed by atoms with Gasteiger partial charge in [0.25, 0.3) is 5.91 Å². The normalized spacial score (nSPS) is 20.2. The first kappa shape index (κ1) is 17.9. The third-order valence-corrected chi connectivity index (χ3v) is 6.59. The molecule has 8 heteroatoms. The quantitative estimate of drug-likeness (QED) is 0.802. The zero-order valence-corrected chi connectivity index (χ0v) is 14.7. The maximum absolute atomic E-state index is 12.6. The second-order valence-electron chi connectivity index (χ2n) is 6.24. The maximum atomic E-state index is 12.6. The van der Waals surface area contributed by atoms with Crippen molar-refractivity contribution in [2.45, 2.75) is 17.7 Å². The van der Waals surface area contributed by atoms with Gasteiger partial charge in [0, 0.05) is 37.7 Å². The molecule has 0 saturated carbocycles. The summed E-state index contributed by atoms with van der Waals surface area (Å²) in [5.41, 5.74) is 0.469. The molecule has 0 N–H and O–H groups in total. The maximum Gasteiger partial charge on any atom is 0.253 e. The zero-order chi connectivity index (χ0) is 17.9. The Hall–Kier alpha value is -1.95. The minimum absolute atomic E-state index is 0.0186. The minimum atomic E-state index is -3.55. The van der Waals surface area contributed by atoms with E-state index in [1.165, 1.54) is 16.4 Å². The summed E-state index contributed by atoms with van der Waals surface area (Å²) in [5.74, 6) is -0.100. The predicted molar refractivity (Wildman–Crippen MR) is 90.3 cm³/mol. The van der Waals surface area contributed by atoms with Crippen molar-refractivity contribution in [3.05, 3.63) is 29.8 Å². The van der Waals surface area contributed by atoms with Gasteiger partial charge in [-0.3, -0.25) is 4.79 Å². The molecule has 2 aliphatic heterocycles. The van der Waals surface area contributed by atoms with Crippen molar-refractivity contribution in [3.8, 4) is 6.07 Å². The van der Waals surface area contributed by atoms with Crippen molar-refractivity contribution in [1.82, 2.24) is 9.21 Å². The van der Waals surface area contributed by atoms with Crippen molar-refractivity contribution in [1.29, 1.82) is 5.26 Å². The van der Waals surface area contributed by atoms with E-state index in [4.69, 9.17) is 10.00 Å². The fraction of sp³-hybridized carbons (Fsp3) is 0.529. The molecule has 2 saturated heterocycles. The summed E-state index contributed by atoms with van der Waals surface area (Å²) in [5, 5.41) is 8.93. The van der Waals surface area contributed by atoms with Crippen LogP contribution in [0.1, 0.15) is 23.2 Å². The molecule has 25 heavy (non-hydrogen) atoms. The summed E-state index contributed by atoms with van der Waals surface area (Å²) in [4.78, 5) is 14.4. The van der Waals surface area contributed by atoms with Gasteiger partial charge < -0.3 is 9.64 Å². The molecule has 0 radical (unpaired) electrons. The highest BCUT2D eigenvalue weighted by molar-refractivity contribution is 7.89. The molecule has 1 aromatic rings. The molecule has 1 amide bonds. The van der Waals surface area contributed by atoms with Gasteiger partial charge in [-0.05, 0) is 37.1 Å². The first-order chi connectivity index (χ1) is 12.0. The van der Waals surface area contributed by atoms with Crippen LogP contribution < -0.4 is 0 Å². The Morgan fingerprint density at radius 1 is 1.08 bits per heavy atom. The molecule has 3 rings (SSSR count). The van der Waals surface area contributed by atoms with E-state index in [1.54, 1.807) is 17.0 Å². The number of amides is 1. The topological polar surface area (TPSA) is 90.7 Å². The molecule has 0 aromatic heterocycles. The van der Waals surface area contributed by atoms with E-state index in [-0.39, 0.29) is 16.7 Å². The lowest BCUT2D eigenvalue weighted by Crippen LogP contribution is -2.40. The molecule has 2 fully saturated rings. The Kier molecular flexibility index (Phi) is 5.37. The summed E-state index contributed by atoms with van der Waals surface area (Å²) >= 11 is 0.